The average Bonchev–Trinajstić information content (AvgIpc) is 3.37. The van der Waals surface area contributed by atoms with Crippen molar-refractivity contribution in [1.82, 2.24) is 24.9 Å². The zero-order valence-corrected chi connectivity index (χ0v) is 19.3. The second-order valence-corrected chi connectivity index (χ2v) is 9.40. The first-order valence-corrected chi connectivity index (χ1v) is 11.4. The average molecular weight is 434 g/mol. The Balaban J connectivity index is 1.71. The van der Waals surface area contributed by atoms with E-state index in [-0.39, 0.29) is 11.2 Å². The van der Waals surface area contributed by atoms with Crippen LogP contribution < -0.4 is 0 Å². The van der Waals surface area contributed by atoms with Crippen molar-refractivity contribution < 1.29 is 4.52 Å². The topological polar surface area (TPSA) is 69.6 Å². The first-order valence-electron chi connectivity index (χ1n) is 10.5. The number of nitrogens with zero attached hydrogens (tertiary/aromatic N) is 5. The minimum Gasteiger partial charge on any atom is -0.338 e. The molecule has 0 bridgehead atoms. The van der Waals surface area contributed by atoms with Crippen LogP contribution in [0.1, 0.15) is 66.2 Å². The molecule has 0 spiro atoms. The lowest BCUT2D eigenvalue weighted by Crippen LogP contribution is -2.06. The molecule has 0 aliphatic heterocycles. The van der Waals surface area contributed by atoms with Gasteiger partial charge in [0.05, 0.1) is 10.9 Å². The Morgan fingerprint density at radius 2 is 1.77 bits per heavy atom. The molecule has 1 unspecified atom stereocenters. The second-order valence-electron chi connectivity index (χ2n) is 8.09. The number of aromatic nitrogens is 5. The Bertz CT molecular complexity index is 1170. The van der Waals surface area contributed by atoms with Crippen molar-refractivity contribution >= 4 is 11.8 Å². The van der Waals surface area contributed by atoms with Gasteiger partial charge in [0.25, 0.3) is 0 Å². The first kappa shape index (κ1) is 21.3. The molecule has 31 heavy (non-hydrogen) atoms. The van der Waals surface area contributed by atoms with Crippen LogP contribution in [0, 0.1) is 13.8 Å². The van der Waals surface area contributed by atoms with E-state index in [1.165, 1.54) is 16.7 Å². The van der Waals surface area contributed by atoms with Crippen molar-refractivity contribution in [1.29, 1.82) is 0 Å². The number of hydrogen-bond acceptors (Lipinski definition) is 6. The third kappa shape index (κ3) is 4.71. The van der Waals surface area contributed by atoms with Crippen molar-refractivity contribution in [2.24, 2.45) is 0 Å². The Kier molecular flexibility index (Phi) is 6.23. The summed E-state index contributed by atoms with van der Waals surface area (Å²) in [7, 11) is 0. The van der Waals surface area contributed by atoms with Gasteiger partial charge < -0.3 is 4.52 Å². The van der Waals surface area contributed by atoms with Crippen molar-refractivity contribution in [2.45, 2.75) is 57.4 Å². The van der Waals surface area contributed by atoms with Gasteiger partial charge in [0, 0.05) is 12.3 Å². The SMILES string of the molecule is Cc1ccc(-n2c(Cc3ccccc3)nnc2SC(C)c2nc(C(C)C)no2)c(C)c1. The van der Waals surface area contributed by atoms with Gasteiger partial charge in [-0.25, -0.2) is 0 Å². The standard InChI is InChI=1S/C24H27N5OS/c1-15(2)22-25-23(30-28-22)18(5)31-24-27-26-21(14-19-9-7-6-8-10-19)29(24)20-12-11-16(3)13-17(20)4/h6-13,15,18H,14H2,1-5H3. The van der Waals surface area contributed by atoms with E-state index in [2.05, 4.69) is 89.9 Å². The number of thioether (sulfide) groups is 1. The van der Waals surface area contributed by atoms with E-state index in [9.17, 15) is 0 Å². The first-order chi connectivity index (χ1) is 14.9. The summed E-state index contributed by atoms with van der Waals surface area (Å²) < 4.78 is 7.66. The highest BCUT2D eigenvalue weighted by Crippen LogP contribution is 2.36. The molecule has 6 nitrogen and oxygen atoms in total. The highest BCUT2D eigenvalue weighted by molar-refractivity contribution is 7.99. The van der Waals surface area contributed by atoms with Crippen LogP contribution in [0.25, 0.3) is 5.69 Å². The zero-order chi connectivity index (χ0) is 22.0. The molecular weight excluding hydrogens is 406 g/mol. The Morgan fingerprint density at radius 1 is 1.00 bits per heavy atom. The van der Waals surface area contributed by atoms with Crippen LogP contribution in [-0.4, -0.2) is 24.9 Å². The fraction of sp³-hybridized carbons (Fsp3) is 0.333. The molecule has 0 aliphatic carbocycles. The van der Waals surface area contributed by atoms with Crippen molar-refractivity contribution in [3.05, 3.63) is 82.8 Å². The van der Waals surface area contributed by atoms with Crippen LogP contribution in [-0.2, 0) is 6.42 Å². The molecule has 7 heteroatoms. The van der Waals surface area contributed by atoms with E-state index >= 15 is 0 Å². The summed E-state index contributed by atoms with van der Waals surface area (Å²) in [6.45, 7) is 10.4. The van der Waals surface area contributed by atoms with Crippen LogP contribution in [0.2, 0.25) is 0 Å². The minimum atomic E-state index is -0.0433. The predicted octanol–water partition coefficient (Wildman–Crippen LogP) is 5.83. The highest BCUT2D eigenvalue weighted by atomic mass is 32.2. The molecule has 0 amide bonds. The Morgan fingerprint density at radius 3 is 2.45 bits per heavy atom. The minimum absolute atomic E-state index is 0.0433. The molecular formula is C24H27N5OS. The molecule has 0 saturated heterocycles. The van der Waals surface area contributed by atoms with Crippen LogP contribution >= 0.6 is 11.8 Å². The number of benzene rings is 2. The molecule has 4 aromatic rings. The Hall–Kier alpha value is -2.93. The predicted molar refractivity (Wildman–Crippen MR) is 123 cm³/mol. The van der Waals surface area contributed by atoms with Gasteiger partial charge in [-0.05, 0) is 38.0 Å². The number of hydrogen-bond donors (Lipinski definition) is 0. The maximum atomic E-state index is 5.51. The monoisotopic (exact) mass is 433 g/mol. The molecule has 2 aromatic carbocycles. The molecule has 4 rings (SSSR count). The van der Waals surface area contributed by atoms with Gasteiger partial charge in [0.2, 0.25) is 5.89 Å². The zero-order valence-electron chi connectivity index (χ0n) is 18.5. The van der Waals surface area contributed by atoms with Gasteiger partial charge >= 0.3 is 0 Å². The smallest absolute Gasteiger partial charge is 0.239 e. The van der Waals surface area contributed by atoms with Crippen molar-refractivity contribution in [3.63, 3.8) is 0 Å². The third-order valence-electron chi connectivity index (χ3n) is 5.10. The molecule has 0 fully saturated rings. The fourth-order valence-electron chi connectivity index (χ4n) is 3.42. The number of rotatable bonds is 7. The quantitative estimate of drug-likeness (QED) is 0.341. The van der Waals surface area contributed by atoms with Gasteiger partial charge in [0.1, 0.15) is 5.82 Å². The molecule has 0 N–H and O–H groups in total. The lowest BCUT2D eigenvalue weighted by molar-refractivity contribution is 0.373. The van der Waals surface area contributed by atoms with Gasteiger partial charge in [-0.2, -0.15) is 4.98 Å². The largest absolute Gasteiger partial charge is 0.338 e. The third-order valence-corrected chi connectivity index (χ3v) is 6.13. The van der Waals surface area contributed by atoms with Crippen LogP contribution in [0.5, 0.6) is 0 Å². The maximum absolute atomic E-state index is 5.51. The summed E-state index contributed by atoms with van der Waals surface area (Å²) in [6, 6.07) is 16.8. The van der Waals surface area contributed by atoms with Gasteiger partial charge in [-0.15, -0.1) is 10.2 Å². The number of aryl methyl sites for hydroxylation is 2. The van der Waals surface area contributed by atoms with E-state index in [1.807, 2.05) is 18.2 Å². The summed E-state index contributed by atoms with van der Waals surface area (Å²) in [5.74, 6) is 2.46. The summed E-state index contributed by atoms with van der Waals surface area (Å²) in [5, 5.41) is 14.0. The molecule has 0 aliphatic rings. The fourth-order valence-corrected chi connectivity index (χ4v) is 4.33. The van der Waals surface area contributed by atoms with E-state index < -0.39 is 0 Å². The lowest BCUT2D eigenvalue weighted by Gasteiger charge is -2.14. The normalized spacial score (nSPS) is 12.5. The van der Waals surface area contributed by atoms with Crippen molar-refractivity contribution in [3.8, 4) is 5.69 Å². The Labute approximate surface area is 187 Å². The lowest BCUT2D eigenvalue weighted by atomic mass is 10.1. The van der Waals surface area contributed by atoms with Gasteiger partial charge in [0.15, 0.2) is 11.0 Å². The van der Waals surface area contributed by atoms with E-state index in [0.717, 1.165) is 22.5 Å². The summed E-state index contributed by atoms with van der Waals surface area (Å²) in [5.41, 5.74) is 4.70. The second kappa shape index (κ2) is 9.06. The molecule has 0 radical (unpaired) electrons. The molecule has 160 valence electrons. The van der Waals surface area contributed by atoms with E-state index in [4.69, 9.17) is 4.52 Å². The van der Waals surface area contributed by atoms with E-state index in [1.54, 1.807) is 11.8 Å². The van der Waals surface area contributed by atoms with Gasteiger partial charge in [-0.1, -0.05) is 78.8 Å². The molecule has 0 saturated carbocycles. The van der Waals surface area contributed by atoms with Gasteiger partial charge in [-0.3, -0.25) is 4.57 Å². The molecule has 2 aromatic heterocycles. The van der Waals surface area contributed by atoms with Crippen LogP contribution in [0.3, 0.4) is 0 Å². The van der Waals surface area contributed by atoms with Crippen LogP contribution in [0.15, 0.2) is 58.2 Å². The molecule has 2 heterocycles. The van der Waals surface area contributed by atoms with Crippen molar-refractivity contribution in [2.75, 3.05) is 0 Å². The highest BCUT2D eigenvalue weighted by Gasteiger charge is 2.23. The summed E-state index contributed by atoms with van der Waals surface area (Å²) >= 11 is 1.58. The molecule has 1 atom stereocenters. The summed E-state index contributed by atoms with van der Waals surface area (Å²) in [6.07, 6.45) is 0.703. The van der Waals surface area contributed by atoms with Crippen LogP contribution in [0.4, 0.5) is 0 Å². The van der Waals surface area contributed by atoms with E-state index in [0.29, 0.717) is 12.3 Å². The summed E-state index contributed by atoms with van der Waals surface area (Å²) in [4.78, 5) is 4.56. The maximum Gasteiger partial charge on any atom is 0.239 e.